The SMILES string of the molecule is ClC1=C(Cl)C(=C2CC3C4C2C34)C(Cl)=C1Cl. The van der Waals surface area contributed by atoms with Gasteiger partial charge >= 0.3 is 0 Å². The monoisotopic (exact) mass is 278 g/mol. The van der Waals surface area contributed by atoms with Gasteiger partial charge in [0.15, 0.2) is 0 Å². The maximum absolute atomic E-state index is 6.17. The van der Waals surface area contributed by atoms with Crippen molar-refractivity contribution in [1.82, 2.24) is 0 Å². The Kier molecular flexibility index (Phi) is 1.64. The van der Waals surface area contributed by atoms with E-state index in [9.17, 15) is 0 Å². The van der Waals surface area contributed by atoms with Gasteiger partial charge in [0.25, 0.3) is 0 Å². The Morgan fingerprint density at radius 2 is 1.33 bits per heavy atom. The Morgan fingerprint density at radius 1 is 0.800 bits per heavy atom. The van der Waals surface area contributed by atoms with Crippen LogP contribution >= 0.6 is 46.4 Å². The molecular formula is C11H6Cl4. The Hall–Kier alpha value is 0.380. The molecule has 0 saturated heterocycles. The standard InChI is InChI=1S/C11H6Cl4/c12-8-7(9(13)11(15)10(8)14)3-1-2-4-5(2)6(3)4/h2,4-6H,1H2. The molecule has 0 spiro atoms. The van der Waals surface area contributed by atoms with Crippen molar-refractivity contribution in [2.45, 2.75) is 6.42 Å². The smallest absolute Gasteiger partial charge is 0.0800 e. The van der Waals surface area contributed by atoms with Gasteiger partial charge in [0, 0.05) is 5.57 Å². The van der Waals surface area contributed by atoms with Crippen LogP contribution in [-0.4, -0.2) is 0 Å². The van der Waals surface area contributed by atoms with Crippen LogP contribution in [0.1, 0.15) is 6.42 Å². The summed E-state index contributed by atoms with van der Waals surface area (Å²) in [5, 5.41) is 1.91. The minimum Gasteiger partial charge on any atom is -0.0819 e. The third-order valence-corrected chi connectivity index (χ3v) is 5.98. The lowest BCUT2D eigenvalue weighted by Crippen LogP contribution is -1.90. The van der Waals surface area contributed by atoms with E-state index in [4.69, 9.17) is 46.4 Å². The summed E-state index contributed by atoms with van der Waals surface area (Å²) in [5.74, 6) is 3.56. The molecule has 5 aliphatic carbocycles. The molecule has 4 saturated carbocycles. The molecule has 2 atom stereocenters. The number of halogens is 4. The number of fused-ring (bicyclic) bond motifs is 1. The van der Waals surface area contributed by atoms with Gasteiger partial charge in [0.05, 0.1) is 20.1 Å². The normalized spacial score (nSPS) is 45.6. The zero-order chi connectivity index (χ0) is 10.5. The van der Waals surface area contributed by atoms with Crippen LogP contribution in [0.5, 0.6) is 0 Å². The van der Waals surface area contributed by atoms with E-state index in [0.717, 1.165) is 35.7 Å². The third-order valence-electron chi connectivity index (χ3n) is 4.18. The van der Waals surface area contributed by atoms with E-state index in [1.165, 1.54) is 5.57 Å². The van der Waals surface area contributed by atoms with Crippen LogP contribution in [0.25, 0.3) is 0 Å². The van der Waals surface area contributed by atoms with E-state index >= 15 is 0 Å². The molecule has 0 aromatic carbocycles. The van der Waals surface area contributed by atoms with Gasteiger partial charge in [-0.15, -0.1) is 0 Å². The van der Waals surface area contributed by atoms with Crippen molar-refractivity contribution >= 4 is 46.4 Å². The summed E-state index contributed by atoms with van der Waals surface area (Å²) in [7, 11) is 0. The molecular weight excluding hydrogens is 274 g/mol. The second kappa shape index (κ2) is 2.61. The molecule has 0 N–H and O–H groups in total. The molecule has 4 heteroatoms. The van der Waals surface area contributed by atoms with E-state index in [1.807, 2.05) is 0 Å². The predicted octanol–water partition coefficient (Wildman–Crippen LogP) is 4.57. The van der Waals surface area contributed by atoms with Crippen LogP contribution in [0.4, 0.5) is 0 Å². The number of hydrogen-bond acceptors (Lipinski definition) is 0. The van der Waals surface area contributed by atoms with Crippen molar-refractivity contribution < 1.29 is 0 Å². The van der Waals surface area contributed by atoms with Crippen molar-refractivity contribution in [2.24, 2.45) is 23.7 Å². The summed E-state index contributed by atoms with van der Waals surface area (Å²) in [6.45, 7) is 0. The second-order valence-electron chi connectivity index (χ2n) is 4.70. The lowest BCUT2D eigenvalue weighted by atomic mass is 10.1. The molecule has 0 amide bonds. The first-order chi connectivity index (χ1) is 7.13. The predicted molar refractivity (Wildman–Crippen MR) is 63.1 cm³/mol. The summed E-state index contributed by atoms with van der Waals surface area (Å²) in [6.07, 6.45) is 1.15. The molecule has 2 bridgehead atoms. The van der Waals surface area contributed by atoms with Crippen molar-refractivity contribution in [3.05, 3.63) is 31.3 Å². The molecule has 5 aliphatic rings. The summed E-state index contributed by atoms with van der Waals surface area (Å²) in [6, 6.07) is 0. The minimum absolute atomic E-state index is 0.407. The third kappa shape index (κ3) is 0.942. The topological polar surface area (TPSA) is 0 Å². The lowest BCUT2D eigenvalue weighted by molar-refractivity contribution is 0.659. The molecule has 4 fully saturated rings. The molecule has 15 heavy (non-hydrogen) atoms. The summed E-state index contributed by atoms with van der Waals surface area (Å²) < 4.78 is 0. The highest BCUT2D eigenvalue weighted by Crippen LogP contribution is 2.84. The molecule has 2 unspecified atom stereocenters. The largest absolute Gasteiger partial charge is 0.0819 e. The zero-order valence-corrected chi connectivity index (χ0v) is 10.6. The van der Waals surface area contributed by atoms with Crippen molar-refractivity contribution in [3.63, 3.8) is 0 Å². The van der Waals surface area contributed by atoms with Crippen LogP contribution in [0.3, 0.4) is 0 Å². The fourth-order valence-corrected chi connectivity index (χ4v) is 4.50. The van der Waals surface area contributed by atoms with Crippen LogP contribution in [0.2, 0.25) is 0 Å². The summed E-state index contributed by atoms with van der Waals surface area (Å²) in [5.41, 5.74) is 2.34. The van der Waals surface area contributed by atoms with Crippen LogP contribution < -0.4 is 0 Å². The molecule has 0 radical (unpaired) electrons. The van der Waals surface area contributed by atoms with E-state index in [2.05, 4.69) is 0 Å². The van der Waals surface area contributed by atoms with Gasteiger partial charge in [0.1, 0.15) is 0 Å². The van der Waals surface area contributed by atoms with Crippen LogP contribution in [0.15, 0.2) is 31.3 Å². The average molecular weight is 280 g/mol. The van der Waals surface area contributed by atoms with Gasteiger partial charge < -0.3 is 0 Å². The Morgan fingerprint density at radius 3 is 1.73 bits per heavy atom. The lowest BCUT2D eigenvalue weighted by Gasteiger charge is -2.05. The van der Waals surface area contributed by atoms with Crippen LogP contribution in [-0.2, 0) is 0 Å². The highest BCUT2D eigenvalue weighted by molar-refractivity contribution is 6.55. The maximum atomic E-state index is 6.17. The van der Waals surface area contributed by atoms with E-state index in [-0.39, 0.29) is 0 Å². The Balaban J connectivity index is 1.91. The molecule has 5 rings (SSSR count). The van der Waals surface area contributed by atoms with Crippen LogP contribution in [0, 0.1) is 23.7 Å². The molecule has 0 aromatic rings. The van der Waals surface area contributed by atoms with Crippen molar-refractivity contribution in [3.8, 4) is 0 Å². The first kappa shape index (κ1) is 9.41. The van der Waals surface area contributed by atoms with Crippen molar-refractivity contribution in [2.75, 3.05) is 0 Å². The van der Waals surface area contributed by atoms with E-state index in [0.29, 0.717) is 20.1 Å². The zero-order valence-electron chi connectivity index (χ0n) is 7.53. The van der Waals surface area contributed by atoms with Gasteiger partial charge in [-0.25, -0.2) is 0 Å². The van der Waals surface area contributed by atoms with Gasteiger partial charge in [-0.2, -0.15) is 0 Å². The Bertz CT molecular complexity index is 454. The minimum atomic E-state index is 0.407. The molecule has 0 heterocycles. The molecule has 0 aliphatic heterocycles. The van der Waals surface area contributed by atoms with E-state index < -0.39 is 0 Å². The summed E-state index contributed by atoms with van der Waals surface area (Å²) >= 11 is 24.3. The fourth-order valence-electron chi connectivity index (χ4n) is 3.36. The first-order valence-corrected chi connectivity index (χ1v) is 6.48. The maximum Gasteiger partial charge on any atom is 0.0800 e. The van der Waals surface area contributed by atoms with Gasteiger partial charge in [-0.3, -0.25) is 0 Å². The highest BCUT2D eigenvalue weighted by atomic mass is 35.5. The van der Waals surface area contributed by atoms with Crippen molar-refractivity contribution in [1.29, 1.82) is 0 Å². The molecule has 0 nitrogen and oxygen atoms in total. The first-order valence-electron chi connectivity index (χ1n) is 4.97. The molecule has 0 aromatic heterocycles. The number of hydrogen-bond donors (Lipinski definition) is 0. The van der Waals surface area contributed by atoms with E-state index in [1.54, 1.807) is 0 Å². The quantitative estimate of drug-likeness (QED) is 0.609. The molecule has 78 valence electrons. The number of allylic oxidation sites excluding steroid dienone is 6. The average Bonchev–Trinajstić information content (AvgIpc) is 3.01. The summed E-state index contributed by atoms with van der Waals surface area (Å²) in [4.78, 5) is 0. The fraction of sp³-hybridized carbons (Fsp3) is 0.455. The highest BCUT2D eigenvalue weighted by Gasteiger charge is 2.79. The van der Waals surface area contributed by atoms with Gasteiger partial charge in [-0.05, 0) is 30.1 Å². The Labute approximate surface area is 108 Å². The number of rotatable bonds is 0. The van der Waals surface area contributed by atoms with Gasteiger partial charge in [0.2, 0.25) is 0 Å². The van der Waals surface area contributed by atoms with Gasteiger partial charge in [-0.1, -0.05) is 52.0 Å². The second-order valence-corrected chi connectivity index (χ2v) is 6.22.